The van der Waals surface area contributed by atoms with Crippen molar-refractivity contribution >= 4 is 23.4 Å². The van der Waals surface area contributed by atoms with Gasteiger partial charge in [-0.15, -0.1) is 0 Å². The van der Waals surface area contributed by atoms with E-state index in [9.17, 15) is 4.39 Å². The predicted molar refractivity (Wildman–Crippen MR) is 94.5 cm³/mol. The molecule has 1 saturated heterocycles. The highest BCUT2D eigenvalue weighted by Gasteiger charge is 2.22. The lowest BCUT2D eigenvalue weighted by Crippen LogP contribution is -2.42. The Balaban J connectivity index is 1.67. The molecule has 0 saturated carbocycles. The fraction of sp³-hybridized carbons (Fsp3) is 0.412. The first-order valence-corrected chi connectivity index (χ1v) is 8.42. The van der Waals surface area contributed by atoms with Crippen LogP contribution in [0, 0.1) is 12.7 Å². The number of halogens is 2. The van der Waals surface area contributed by atoms with E-state index < -0.39 is 0 Å². The molecule has 7 heteroatoms. The van der Waals surface area contributed by atoms with Gasteiger partial charge in [0.1, 0.15) is 10.8 Å². The highest BCUT2D eigenvalue weighted by atomic mass is 35.5. The van der Waals surface area contributed by atoms with Crippen LogP contribution < -0.4 is 11.1 Å². The van der Waals surface area contributed by atoms with Crippen molar-refractivity contribution in [2.24, 2.45) is 0 Å². The number of likely N-dealkylation sites (tertiary alicyclic amines) is 1. The molecule has 0 spiro atoms. The molecule has 0 bridgehead atoms. The molecule has 1 aliphatic rings. The summed E-state index contributed by atoms with van der Waals surface area (Å²) in [7, 11) is 0. The lowest BCUT2D eigenvalue weighted by molar-refractivity contribution is 0.206. The molecule has 1 unspecified atom stereocenters. The van der Waals surface area contributed by atoms with E-state index in [4.69, 9.17) is 17.3 Å². The molecule has 128 valence electrons. The van der Waals surface area contributed by atoms with Gasteiger partial charge in [-0.3, -0.25) is 4.90 Å². The fourth-order valence-electron chi connectivity index (χ4n) is 3.05. The third-order valence-corrected chi connectivity index (χ3v) is 4.68. The molecule has 1 atom stereocenters. The Hall–Kier alpha value is -1.92. The number of aromatic nitrogens is 2. The zero-order valence-electron chi connectivity index (χ0n) is 13.6. The van der Waals surface area contributed by atoms with Crippen molar-refractivity contribution in [2.75, 3.05) is 24.1 Å². The maximum absolute atomic E-state index is 13.8. The minimum atomic E-state index is -0.158. The Bertz CT molecular complexity index is 724. The normalized spacial score (nSPS) is 18.5. The number of anilines is 2. The summed E-state index contributed by atoms with van der Waals surface area (Å²) in [5.74, 6) is 0.618. The number of nitrogens with two attached hydrogens (primary N) is 1. The van der Waals surface area contributed by atoms with Crippen LogP contribution in [-0.2, 0) is 6.54 Å². The zero-order valence-corrected chi connectivity index (χ0v) is 14.4. The van der Waals surface area contributed by atoms with Crippen LogP contribution in [0.4, 0.5) is 16.2 Å². The largest absolute Gasteiger partial charge is 0.368 e. The number of aryl methyl sites for hydroxylation is 1. The maximum atomic E-state index is 13.8. The molecule has 24 heavy (non-hydrogen) atoms. The van der Waals surface area contributed by atoms with Crippen molar-refractivity contribution in [3.8, 4) is 0 Å². The molecule has 3 N–H and O–H groups in total. The molecule has 3 rings (SSSR count). The number of nitrogens with one attached hydrogen (secondary N) is 1. The van der Waals surface area contributed by atoms with Gasteiger partial charge in [-0.1, -0.05) is 29.8 Å². The summed E-state index contributed by atoms with van der Waals surface area (Å²) >= 11 is 6.27. The zero-order chi connectivity index (χ0) is 17.1. The number of hydrogen-bond donors (Lipinski definition) is 2. The second-order valence-corrected chi connectivity index (χ2v) is 6.52. The summed E-state index contributed by atoms with van der Waals surface area (Å²) < 4.78 is 13.8. The third kappa shape index (κ3) is 3.94. The minimum Gasteiger partial charge on any atom is -0.368 e. The molecule has 2 heterocycles. The van der Waals surface area contributed by atoms with Crippen molar-refractivity contribution in [3.05, 3.63) is 46.4 Å². The van der Waals surface area contributed by atoms with Crippen LogP contribution in [0.5, 0.6) is 0 Å². The van der Waals surface area contributed by atoms with E-state index in [-0.39, 0.29) is 17.8 Å². The molecule has 1 aromatic heterocycles. The summed E-state index contributed by atoms with van der Waals surface area (Å²) in [5, 5.41) is 3.86. The van der Waals surface area contributed by atoms with E-state index in [1.165, 1.54) is 6.07 Å². The second-order valence-electron chi connectivity index (χ2n) is 6.14. The highest BCUT2D eigenvalue weighted by molar-refractivity contribution is 6.33. The van der Waals surface area contributed by atoms with Gasteiger partial charge in [0.15, 0.2) is 5.82 Å². The van der Waals surface area contributed by atoms with Gasteiger partial charge >= 0.3 is 0 Å². The molecular weight excluding hydrogens is 329 g/mol. The molecule has 1 aromatic carbocycles. The average molecular weight is 350 g/mol. The highest BCUT2D eigenvalue weighted by Crippen LogP contribution is 2.25. The van der Waals surface area contributed by atoms with Crippen LogP contribution in [0.2, 0.25) is 5.02 Å². The average Bonchev–Trinajstić information content (AvgIpc) is 2.55. The number of nitrogen functional groups attached to an aromatic ring is 1. The monoisotopic (exact) mass is 349 g/mol. The number of benzene rings is 1. The standard InChI is InChI=1S/C17H21ClFN5/c1-11-15(18)16(23-17(20)21-11)22-13-6-4-8-24(10-13)9-12-5-2-3-7-14(12)19/h2-3,5,7,13H,4,6,8-10H2,1H3,(H3,20,21,22,23). The molecular formula is C17H21ClFN5. The first-order valence-electron chi connectivity index (χ1n) is 8.05. The number of nitrogens with zero attached hydrogens (tertiary/aromatic N) is 3. The quantitative estimate of drug-likeness (QED) is 0.887. The van der Waals surface area contributed by atoms with Gasteiger partial charge in [0, 0.05) is 24.7 Å². The predicted octanol–water partition coefficient (Wildman–Crippen LogP) is 3.24. The molecule has 5 nitrogen and oxygen atoms in total. The van der Waals surface area contributed by atoms with E-state index in [0.717, 1.165) is 31.5 Å². The first kappa shape index (κ1) is 16.9. The summed E-state index contributed by atoms with van der Waals surface area (Å²) in [6, 6.07) is 7.10. The molecule has 1 fully saturated rings. The lowest BCUT2D eigenvalue weighted by Gasteiger charge is -2.33. The number of rotatable bonds is 4. The van der Waals surface area contributed by atoms with Crippen molar-refractivity contribution in [1.82, 2.24) is 14.9 Å². The van der Waals surface area contributed by atoms with E-state index in [1.54, 1.807) is 13.0 Å². The summed E-state index contributed by atoms with van der Waals surface area (Å²) in [5.41, 5.74) is 7.09. The number of hydrogen-bond acceptors (Lipinski definition) is 5. The molecule has 0 amide bonds. The van der Waals surface area contributed by atoms with Gasteiger partial charge in [-0.2, -0.15) is 4.98 Å². The topological polar surface area (TPSA) is 67.1 Å². The van der Waals surface area contributed by atoms with Crippen LogP contribution >= 0.6 is 11.6 Å². The van der Waals surface area contributed by atoms with Gasteiger partial charge in [-0.25, -0.2) is 9.37 Å². The second kappa shape index (κ2) is 7.32. The summed E-state index contributed by atoms with van der Waals surface area (Å²) in [6.07, 6.45) is 2.04. The maximum Gasteiger partial charge on any atom is 0.222 e. The van der Waals surface area contributed by atoms with Crippen molar-refractivity contribution < 1.29 is 4.39 Å². The van der Waals surface area contributed by atoms with E-state index in [0.29, 0.717) is 23.1 Å². The van der Waals surface area contributed by atoms with Gasteiger partial charge in [0.25, 0.3) is 0 Å². The summed E-state index contributed by atoms with van der Waals surface area (Å²) in [6.45, 7) is 4.15. The SMILES string of the molecule is Cc1nc(N)nc(NC2CCCN(Cc3ccccc3F)C2)c1Cl. The Labute approximate surface area is 146 Å². The van der Waals surface area contributed by atoms with E-state index >= 15 is 0 Å². The van der Waals surface area contributed by atoms with Crippen molar-refractivity contribution in [3.63, 3.8) is 0 Å². The molecule has 0 radical (unpaired) electrons. The van der Waals surface area contributed by atoms with Crippen molar-refractivity contribution in [1.29, 1.82) is 0 Å². The van der Waals surface area contributed by atoms with Gasteiger partial charge < -0.3 is 11.1 Å². The Morgan fingerprint density at radius 2 is 2.17 bits per heavy atom. The number of piperidine rings is 1. The van der Waals surface area contributed by atoms with Gasteiger partial charge in [-0.05, 0) is 32.4 Å². The smallest absolute Gasteiger partial charge is 0.222 e. The fourth-order valence-corrected chi connectivity index (χ4v) is 3.19. The molecule has 2 aromatic rings. The molecule has 0 aliphatic carbocycles. The van der Waals surface area contributed by atoms with Gasteiger partial charge in [0.2, 0.25) is 5.95 Å². The van der Waals surface area contributed by atoms with Crippen LogP contribution in [0.15, 0.2) is 24.3 Å². The van der Waals surface area contributed by atoms with Crippen LogP contribution in [-0.4, -0.2) is 34.0 Å². The summed E-state index contributed by atoms with van der Waals surface area (Å²) in [4.78, 5) is 10.5. The Kier molecular flexibility index (Phi) is 5.16. The third-order valence-electron chi connectivity index (χ3n) is 4.23. The first-order chi connectivity index (χ1) is 11.5. The Morgan fingerprint density at radius 1 is 1.38 bits per heavy atom. The lowest BCUT2D eigenvalue weighted by atomic mass is 10.0. The molecule has 1 aliphatic heterocycles. The van der Waals surface area contributed by atoms with Crippen LogP contribution in [0.1, 0.15) is 24.1 Å². The van der Waals surface area contributed by atoms with E-state index in [1.807, 2.05) is 12.1 Å². The Morgan fingerprint density at radius 3 is 2.96 bits per heavy atom. The van der Waals surface area contributed by atoms with Crippen LogP contribution in [0.25, 0.3) is 0 Å². The van der Waals surface area contributed by atoms with E-state index in [2.05, 4.69) is 20.2 Å². The minimum absolute atomic E-state index is 0.158. The van der Waals surface area contributed by atoms with Crippen molar-refractivity contribution in [2.45, 2.75) is 32.4 Å². The van der Waals surface area contributed by atoms with Gasteiger partial charge in [0.05, 0.1) is 5.69 Å². The van der Waals surface area contributed by atoms with Crippen LogP contribution in [0.3, 0.4) is 0 Å².